The molecule has 1 fully saturated rings. The van der Waals surface area contributed by atoms with E-state index in [2.05, 4.69) is 14.9 Å². The summed E-state index contributed by atoms with van der Waals surface area (Å²) in [6, 6.07) is 12.4. The molecule has 0 amide bonds. The number of hydrogen-bond donors (Lipinski definition) is 1. The summed E-state index contributed by atoms with van der Waals surface area (Å²) in [6.07, 6.45) is -2.51. The van der Waals surface area contributed by atoms with Crippen LogP contribution >= 0.6 is 0 Å². The summed E-state index contributed by atoms with van der Waals surface area (Å²) in [5, 5.41) is 0.848. The molecule has 0 spiro atoms. The smallest absolute Gasteiger partial charge is 0.416 e. The molecule has 2 aromatic heterocycles. The van der Waals surface area contributed by atoms with Crippen LogP contribution in [0.4, 0.5) is 18.9 Å². The fourth-order valence-corrected chi connectivity index (χ4v) is 3.81. The quantitative estimate of drug-likeness (QED) is 0.558. The van der Waals surface area contributed by atoms with Crippen molar-refractivity contribution in [2.75, 3.05) is 44.2 Å². The first-order chi connectivity index (χ1) is 15.4. The number of fused-ring (bicyclic) bond motifs is 1. The van der Waals surface area contributed by atoms with Gasteiger partial charge in [-0.15, -0.1) is 0 Å². The molecule has 1 N–H and O–H groups in total. The molecule has 1 saturated heterocycles. The third-order valence-corrected chi connectivity index (χ3v) is 5.59. The van der Waals surface area contributed by atoms with Gasteiger partial charge in [0.2, 0.25) is 11.4 Å². The molecule has 1 aromatic carbocycles. The highest BCUT2D eigenvalue weighted by atomic mass is 19.4. The molecule has 3 heterocycles. The number of aromatic nitrogens is 2. The highest BCUT2D eigenvalue weighted by molar-refractivity contribution is 5.74. The lowest BCUT2D eigenvalue weighted by molar-refractivity contribution is -0.137. The highest BCUT2D eigenvalue weighted by Crippen LogP contribution is 2.31. The first-order valence-corrected chi connectivity index (χ1v) is 10.7. The predicted molar refractivity (Wildman–Crippen MR) is 117 cm³/mol. The van der Waals surface area contributed by atoms with Crippen molar-refractivity contribution in [2.24, 2.45) is 0 Å². The van der Waals surface area contributed by atoms with Crippen molar-refractivity contribution < 1.29 is 17.9 Å². The maximum absolute atomic E-state index is 12.9. The largest absolute Gasteiger partial charge is 0.478 e. The number of unbranched alkanes of at least 4 members (excludes halogenated alkanes) is 1. The minimum Gasteiger partial charge on any atom is -0.478 e. The SMILES string of the molecule is O=c1ccc2ccc(OCCCCN3CCN(c4cccc(C(F)(F)F)c4)CC3)nc2[nH]1. The van der Waals surface area contributed by atoms with Crippen LogP contribution in [0.3, 0.4) is 0 Å². The Kier molecular flexibility index (Phi) is 6.64. The number of alkyl halides is 3. The summed E-state index contributed by atoms with van der Waals surface area (Å²) < 4.78 is 44.5. The zero-order chi connectivity index (χ0) is 22.6. The Morgan fingerprint density at radius 2 is 1.78 bits per heavy atom. The number of piperazine rings is 1. The first kappa shape index (κ1) is 22.1. The van der Waals surface area contributed by atoms with Crippen LogP contribution in [0.15, 0.2) is 53.3 Å². The Morgan fingerprint density at radius 3 is 2.56 bits per heavy atom. The van der Waals surface area contributed by atoms with Crippen LogP contribution < -0.4 is 15.2 Å². The number of ether oxygens (including phenoxy) is 1. The maximum atomic E-state index is 12.9. The minimum atomic E-state index is -4.32. The number of anilines is 1. The second-order valence-corrected chi connectivity index (χ2v) is 7.84. The van der Waals surface area contributed by atoms with E-state index in [1.54, 1.807) is 18.2 Å². The van der Waals surface area contributed by atoms with E-state index in [1.807, 2.05) is 11.0 Å². The third-order valence-electron chi connectivity index (χ3n) is 5.59. The predicted octanol–water partition coefficient (Wildman–Crippen LogP) is 3.92. The fourth-order valence-electron chi connectivity index (χ4n) is 3.81. The molecule has 6 nitrogen and oxygen atoms in total. The monoisotopic (exact) mass is 446 g/mol. The average Bonchev–Trinajstić information content (AvgIpc) is 2.78. The molecule has 0 unspecified atom stereocenters. The Morgan fingerprint density at radius 1 is 1.00 bits per heavy atom. The molecule has 1 aliphatic rings. The zero-order valence-corrected chi connectivity index (χ0v) is 17.6. The van der Waals surface area contributed by atoms with Gasteiger partial charge in [-0.05, 0) is 49.7 Å². The molecular formula is C23H25F3N4O2. The van der Waals surface area contributed by atoms with Crippen molar-refractivity contribution in [3.63, 3.8) is 0 Å². The van der Waals surface area contributed by atoms with Gasteiger partial charge < -0.3 is 14.6 Å². The molecular weight excluding hydrogens is 421 g/mol. The van der Waals surface area contributed by atoms with Crippen molar-refractivity contribution in [1.82, 2.24) is 14.9 Å². The molecule has 1 aliphatic heterocycles. The van der Waals surface area contributed by atoms with Crippen LogP contribution in [-0.4, -0.2) is 54.2 Å². The van der Waals surface area contributed by atoms with Gasteiger partial charge in [-0.2, -0.15) is 18.2 Å². The normalized spacial score (nSPS) is 15.3. The van der Waals surface area contributed by atoms with Gasteiger partial charge >= 0.3 is 6.18 Å². The van der Waals surface area contributed by atoms with E-state index in [4.69, 9.17) is 4.74 Å². The van der Waals surface area contributed by atoms with Gasteiger partial charge in [0, 0.05) is 49.4 Å². The zero-order valence-electron chi connectivity index (χ0n) is 17.6. The summed E-state index contributed by atoms with van der Waals surface area (Å²) >= 11 is 0. The lowest BCUT2D eigenvalue weighted by Gasteiger charge is -2.36. The van der Waals surface area contributed by atoms with Crippen LogP contribution in [0.25, 0.3) is 11.0 Å². The minimum absolute atomic E-state index is 0.199. The Labute approximate surface area is 183 Å². The second kappa shape index (κ2) is 9.60. The summed E-state index contributed by atoms with van der Waals surface area (Å²) in [5.74, 6) is 0.481. The molecule has 170 valence electrons. The van der Waals surface area contributed by atoms with Crippen LogP contribution in [-0.2, 0) is 6.18 Å². The average molecular weight is 446 g/mol. The van der Waals surface area contributed by atoms with Crippen LogP contribution in [0, 0.1) is 0 Å². The highest BCUT2D eigenvalue weighted by Gasteiger charge is 2.31. The van der Waals surface area contributed by atoms with Crippen LogP contribution in [0.1, 0.15) is 18.4 Å². The van der Waals surface area contributed by atoms with Crippen molar-refractivity contribution >= 4 is 16.7 Å². The number of H-pyrrole nitrogens is 1. The molecule has 32 heavy (non-hydrogen) atoms. The number of halogens is 3. The number of rotatable bonds is 7. The van der Waals surface area contributed by atoms with E-state index in [0.717, 1.165) is 43.9 Å². The first-order valence-electron chi connectivity index (χ1n) is 10.7. The van der Waals surface area contributed by atoms with E-state index < -0.39 is 11.7 Å². The van der Waals surface area contributed by atoms with Gasteiger partial charge in [-0.1, -0.05) is 6.07 Å². The van der Waals surface area contributed by atoms with Gasteiger partial charge in [0.05, 0.1) is 12.2 Å². The Hall–Kier alpha value is -3.07. The molecule has 0 saturated carbocycles. The van der Waals surface area contributed by atoms with Gasteiger partial charge in [0.1, 0.15) is 5.65 Å². The number of benzene rings is 1. The maximum Gasteiger partial charge on any atom is 0.416 e. The van der Waals surface area contributed by atoms with Gasteiger partial charge in [-0.25, -0.2) is 0 Å². The summed E-state index contributed by atoms with van der Waals surface area (Å²) in [5.41, 5.74) is 0.325. The van der Waals surface area contributed by atoms with Crippen molar-refractivity contribution in [3.05, 3.63) is 64.4 Å². The molecule has 9 heteroatoms. The number of nitrogens with one attached hydrogen (secondary N) is 1. The molecule has 4 rings (SSSR count). The molecule has 0 bridgehead atoms. The Bertz CT molecular complexity index is 1110. The van der Waals surface area contributed by atoms with Gasteiger partial charge in [0.15, 0.2) is 0 Å². The van der Waals surface area contributed by atoms with Gasteiger partial charge in [0.25, 0.3) is 0 Å². The van der Waals surface area contributed by atoms with E-state index >= 15 is 0 Å². The topological polar surface area (TPSA) is 61.5 Å². The van der Waals surface area contributed by atoms with Crippen molar-refractivity contribution in [1.29, 1.82) is 0 Å². The molecule has 3 aromatic rings. The molecule has 0 atom stereocenters. The lowest BCUT2D eigenvalue weighted by Crippen LogP contribution is -2.46. The number of pyridine rings is 2. The number of aromatic amines is 1. The van der Waals surface area contributed by atoms with Gasteiger partial charge in [-0.3, -0.25) is 9.69 Å². The van der Waals surface area contributed by atoms with Crippen molar-refractivity contribution in [2.45, 2.75) is 19.0 Å². The number of nitrogens with zero attached hydrogens (tertiary/aromatic N) is 3. The molecule has 0 aliphatic carbocycles. The Balaban J connectivity index is 1.18. The van der Waals surface area contributed by atoms with Crippen LogP contribution in [0.2, 0.25) is 0 Å². The standard InChI is InChI=1S/C23H25F3N4O2/c24-23(25,26)18-4-3-5-19(16-18)30-13-11-29(12-14-30)10-1-2-15-32-21-9-7-17-6-8-20(31)27-22(17)28-21/h3-9,16H,1-2,10-15H2,(H,27,28,31). The van der Waals surface area contributed by atoms with E-state index in [1.165, 1.54) is 18.2 Å². The van der Waals surface area contributed by atoms with Crippen LogP contribution in [0.5, 0.6) is 5.88 Å². The van der Waals surface area contributed by atoms with E-state index in [9.17, 15) is 18.0 Å². The summed E-state index contributed by atoms with van der Waals surface area (Å²) in [7, 11) is 0. The van der Waals surface area contributed by atoms with E-state index in [-0.39, 0.29) is 5.56 Å². The third kappa shape index (κ3) is 5.59. The summed E-state index contributed by atoms with van der Waals surface area (Å²) in [4.78, 5) is 22.7. The molecule has 0 radical (unpaired) electrons. The number of hydrogen-bond acceptors (Lipinski definition) is 5. The van der Waals surface area contributed by atoms with Crippen molar-refractivity contribution in [3.8, 4) is 5.88 Å². The fraction of sp³-hybridized carbons (Fsp3) is 0.391. The van der Waals surface area contributed by atoms with E-state index in [0.29, 0.717) is 36.9 Å². The second-order valence-electron chi connectivity index (χ2n) is 7.84. The summed E-state index contributed by atoms with van der Waals surface area (Å²) in [6.45, 7) is 4.49. The lowest BCUT2D eigenvalue weighted by atomic mass is 10.1.